The number of hydrogen-bond donors (Lipinski definition) is 2. The zero-order chi connectivity index (χ0) is 6.57. The van der Waals surface area contributed by atoms with E-state index < -0.39 is 11.9 Å². The summed E-state index contributed by atoms with van der Waals surface area (Å²) in [6.07, 6.45) is 1.12. The van der Waals surface area contributed by atoms with Crippen LogP contribution in [0.4, 0.5) is 0 Å². The van der Waals surface area contributed by atoms with Crippen molar-refractivity contribution in [3.63, 3.8) is 0 Å². The summed E-state index contributed by atoms with van der Waals surface area (Å²) in [7, 11) is 0. The molecule has 0 atom stereocenters. The zero-order valence-corrected chi connectivity index (χ0v) is 9.01. The third-order valence-electron chi connectivity index (χ3n) is 0.368. The van der Waals surface area contributed by atoms with Gasteiger partial charge in [-0.15, -0.1) is 0 Å². The van der Waals surface area contributed by atoms with Crippen LogP contribution in [0.25, 0.3) is 0 Å². The smallest absolute Gasteiger partial charge is 1.00 e. The quantitative estimate of drug-likeness (QED) is 0.518. The van der Waals surface area contributed by atoms with Gasteiger partial charge in [0, 0.05) is 12.2 Å². The van der Waals surface area contributed by atoms with Gasteiger partial charge in [0.15, 0.2) is 0 Å². The molecule has 0 aliphatic rings. The van der Waals surface area contributed by atoms with E-state index in [-0.39, 0.29) is 51.7 Å². The first-order chi connectivity index (χ1) is 3.63. The molecule has 0 aliphatic heterocycles. The van der Waals surface area contributed by atoms with Gasteiger partial charge in [-0.1, -0.05) is 0 Å². The average molecular weight is 255 g/mol. The van der Waals surface area contributed by atoms with Crippen molar-refractivity contribution >= 4 is 60.8 Å². The Hall–Kier alpha value is 0.251. The van der Waals surface area contributed by atoms with Crippen molar-refractivity contribution < 1.29 is 22.7 Å². The minimum atomic E-state index is -1.26. The normalized spacial score (nSPS) is 8.44. The summed E-state index contributed by atoms with van der Waals surface area (Å²) in [5.41, 5.74) is 0. The van der Waals surface area contributed by atoms with E-state index in [0.717, 1.165) is 0 Å². The van der Waals surface area contributed by atoms with Gasteiger partial charge in [-0.3, -0.25) is 0 Å². The molecule has 4 nitrogen and oxygen atoms in total. The second-order valence-corrected chi connectivity index (χ2v) is 1.01. The van der Waals surface area contributed by atoms with Crippen LogP contribution in [0.5, 0.6) is 0 Å². The topological polar surface area (TPSA) is 74.6 Å². The van der Waals surface area contributed by atoms with Crippen LogP contribution in [-0.2, 0) is 9.59 Å². The first-order valence-corrected chi connectivity index (χ1v) is 1.77. The molecule has 5 heteroatoms. The first kappa shape index (κ1) is 12.0. The van der Waals surface area contributed by atoms with E-state index in [2.05, 4.69) is 0 Å². The van der Waals surface area contributed by atoms with E-state index >= 15 is 0 Å². The predicted molar refractivity (Wildman–Crippen MR) is 32.4 cm³/mol. The maximum atomic E-state index is 9.55. The standard InChI is InChI=1S/C4H4O4.Ba.2H/c5-3(6)1-2-4(7)8;;;/h1-2H,(H,5,6)(H,7,8);;;/q;+2;2*-1/b2-1+;;;. The maximum Gasteiger partial charge on any atom is 2.00 e. The molecule has 0 spiro atoms. The summed E-state index contributed by atoms with van der Waals surface area (Å²) < 4.78 is 0. The van der Waals surface area contributed by atoms with Crippen molar-refractivity contribution in [1.82, 2.24) is 0 Å². The molecule has 0 rings (SSSR count). The molecule has 0 unspecified atom stereocenters. The molecular formula is C4H6BaO4. The molecule has 0 heterocycles. The summed E-state index contributed by atoms with van der Waals surface area (Å²) in [5.74, 6) is -2.51. The van der Waals surface area contributed by atoms with Gasteiger partial charge in [0.05, 0.1) is 0 Å². The van der Waals surface area contributed by atoms with Crippen LogP contribution in [0.1, 0.15) is 2.85 Å². The van der Waals surface area contributed by atoms with Crippen LogP contribution in [0, 0.1) is 0 Å². The van der Waals surface area contributed by atoms with Crippen molar-refractivity contribution in [2.24, 2.45) is 0 Å². The van der Waals surface area contributed by atoms with Crippen LogP contribution in [0.2, 0.25) is 0 Å². The molecule has 2 N–H and O–H groups in total. The van der Waals surface area contributed by atoms with Crippen LogP contribution in [-0.4, -0.2) is 71.0 Å². The molecule has 0 saturated heterocycles. The molecule has 0 radical (unpaired) electrons. The molecule has 0 saturated carbocycles. The van der Waals surface area contributed by atoms with Gasteiger partial charge in [0.2, 0.25) is 0 Å². The molecule has 0 aliphatic carbocycles. The average Bonchev–Trinajstić information content (AvgIpc) is 1.61. The van der Waals surface area contributed by atoms with E-state index in [9.17, 15) is 9.59 Å². The van der Waals surface area contributed by atoms with Crippen molar-refractivity contribution in [1.29, 1.82) is 0 Å². The van der Waals surface area contributed by atoms with Gasteiger partial charge in [0.1, 0.15) is 0 Å². The molecule has 0 fully saturated rings. The Balaban J connectivity index is -0.0000000817. The second-order valence-electron chi connectivity index (χ2n) is 1.01. The van der Waals surface area contributed by atoms with Crippen LogP contribution < -0.4 is 0 Å². The van der Waals surface area contributed by atoms with Gasteiger partial charge in [0.25, 0.3) is 0 Å². The van der Waals surface area contributed by atoms with Gasteiger partial charge in [-0.2, -0.15) is 0 Å². The minimum absolute atomic E-state index is 0. The number of aliphatic carboxylic acids is 2. The number of carboxylic acid groups (broad SMARTS) is 2. The van der Waals surface area contributed by atoms with Crippen molar-refractivity contribution in [3.05, 3.63) is 12.2 Å². The summed E-state index contributed by atoms with van der Waals surface area (Å²) in [6, 6.07) is 0. The van der Waals surface area contributed by atoms with Crippen LogP contribution in [0.3, 0.4) is 0 Å². The molecular weight excluding hydrogens is 249 g/mol. The van der Waals surface area contributed by atoms with Gasteiger partial charge in [-0.25, -0.2) is 9.59 Å². The number of carboxylic acids is 2. The largest absolute Gasteiger partial charge is 2.00 e. The third-order valence-corrected chi connectivity index (χ3v) is 0.368. The third kappa shape index (κ3) is 11.7. The van der Waals surface area contributed by atoms with E-state index in [1.165, 1.54) is 0 Å². The Bertz CT molecular complexity index is 131. The summed E-state index contributed by atoms with van der Waals surface area (Å²) in [5, 5.41) is 15.6. The molecule has 9 heavy (non-hydrogen) atoms. The summed E-state index contributed by atoms with van der Waals surface area (Å²) in [6.45, 7) is 0. The van der Waals surface area contributed by atoms with Crippen LogP contribution in [0.15, 0.2) is 12.2 Å². The fourth-order valence-electron chi connectivity index (χ4n) is 0.143. The Morgan fingerprint density at radius 2 is 1.33 bits per heavy atom. The van der Waals surface area contributed by atoms with E-state index in [1.54, 1.807) is 0 Å². The fourth-order valence-corrected chi connectivity index (χ4v) is 0.143. The minimum Gasteiger partial charge on any atom is -1.00 e. The Morgan fingerprint density at radius 3 is 1.44 bits per heavy atom. The van der Waals surface area contributed by atoms with E-state index in [1.807, 2.05) is 0 Å². The SMILES string of the molecule is O=C(O)/C=C/C(=O)O.[Ba+2].[H-].[H-]. The molecule has 48 valence electrons. The van der Waals surface area contributed by atoms with Crippen molar-refractivity contribution in [2.45, 2.75) is 0 Å². The van der Waals surface area contributed by atoms with Crippen molar-refractivity contribution in [2.75, 3.05) is 0 Å². The van der Waals surface area contributed by atoms with E-state index in [0.29, 0.717) is 12.2 Å². The number of hydrogen-bond acceptors (Lipinski definition) is 2. The van der Waals surface area contributed by atoms with Gasteiger partial charge >= 0.3 is 60.8 Å². The van der Waals surface area contributed by atoms with Crippen LogP contribution >= 0.6 is 0 Å². The Labute approximate surface area is 94.6 Å². The monoisotopic (exact) mass is 256 g/mol. The molecule has 0 aromatic rings. The van der Waals surface area contributed by atoms with Gasteiger partial charge < -0.3 is 13.1 Å². The van der Waals surface area contributed by atoms with E-state index in [4.69, 9.17) is 10.2 Å². The molecule has 0 aromatic heterocycles. The molecule has 0 aromatic carbocycles. The second kappa shape index (κ2) is 6.37. The summed E-state index contributed by atoms with van der Waals surface area (Å²) >= 11 is 0. The van der Waals surface area contributed by atoms with Gasteiger partial charge in [-0.05, 0) is 0 Å². The zero-order valence-electron chi connectivity index (χ0n) is 6.57. The molecule has 0 bridgehead atoms. The molecule has 0 amide bonds. The number of rotatable bonds is 2. The Kier molecular flexibility index (Phi) is 8.48. The Morgan fingerprint density at radius 1 is 1.11 bits per heavy atom. The number of carbonyl (C=O) groups is 2. The first-order valence-electron chi connectivity index (χ1n) is 1.77. The predicted octanol–water partition coefficient (Wildman–Crippen LogP) is -0.444. The fraction of sp³-hybridized carbons (Fsp3) is 0. The summed E-state index contributed by atoms with van der Waals surface area (Å²) in [4.78, 5) is 19.1. The maximum absolute atomic E-state index is 9.55. The van der Waals surface area contributed by atoms with Crippen molar-refractivity contribution in [3.8, 4) is 0 Å².